The number of amides is 2. The summed E-state index contributed by atoms with van der Waals surface area (Å²) in [7, 11) is 2.18. The third kappa shape index (κ3) is 3.45. The van der Waals surface area contributed by atoms with Crippen molar-refractivity contribution in [3.05, 3.63) is 53.9 Å². The van der Waals surface area contributed by atoms with Crippen LogP contribution in [0.25, 0.3) is 11.1 Å². The van der Waals surface area contributed by atoms with E-state index in [1.165, 1.54) is 12.6 Å². The summed E-state index contributed by atoms with van der Waals surface area (Å²) in [4.78, 5) is 33.0. The Hall–Kier alpha value is -2.73. The van der Waals surface area contributed by atoms with E-state index in [9.17, 15) is 9.59 Å². The van der Waals surface area contributed by atoms with Crippen LogP contribution in [0, 0.1) is 0 Å². The number of benzene rings is 1. The van der Waals surface area contributed by atoms with E-state index < -0.39 is 5.91 Å². The smallest absolute Gasteiger partial charge is 0.253 e. The van der Waals surface area contributed by atoms with Crippen molar-refractivity contribution in [2.45, 2.75) is 31.3 Å². The summed E-state index contributed by atoms with van der Waals surface area (Å²) < 4.78 is 0. The van der Waals surface area contributed by atoms with E-state index >= 15 is 0 Å². The van der Waals surface area contributed by atoms with E-state index in [-0.39, 0.29) is 5.91 Å². The van der Waals surface area contributed by atoms with Gasteiger partial charge in [-0.1, -0.05) is 12.1 Å². The Labute approximate surface area is 159 Å². The minimum absolute atomic E-state index is 0.0665. The number of likely N-dealkylation sites (N-methyl/N-ethyl adjacent to an activating group) is 1. The number of rotatable bonds is 3. The Bertz CT molecular complexity index is 882. The molecule has 6 nitrogen and oxygen atoms in total. The fourth-order valence-electron chi connectivity index (χ4n) is 4.24. The number of carbonyl (C=O) groups excluding carboxylic acids is 2. The van der Waals surface area contributed by atoms with Crippen molar-refractivity contribution < 1.29 is 9.59 Å². The molecule has 2 bridgehead atoms. The number of primary amides is 1. The molecule has 3 heterocycles. The molecule has 2 N–H and O–H groups in total. The number of aromatic nitrogens is 1. The minimum atomic E-state index is -0.514. The van der Waals surface area contributed by atoms with Gasteiger partial charge in [-0.25, -0.2) is 0 Å². The Morgan fingerprint density at radius 2 is 1.81 bits per heavy atom. The van der Waals surface area contributed by atoms with Crippen LogP contribution in [0.2, 0.25) is 0 Å². The van der Waals surface area contributed by atoms with Gasteiger partial charge in [-0.15, -0.1) is 0 Å². The van der Waals surface area contributed by atoms with Crippen LogP contribution in [-0.2, 0) is 0 Å². The van der Waals surface area contributed by atoms with Gasteiger partial charge < -0.3 is 10.6 Å². The molecule has 6 heteroatoms. The lowest BCUT2D eigenvalue weighted by Crippen LogP contribution is -2.39. The lowest BCUT2D eigenvalue weighted by atomic mass is 10.0. The highest BCUT2D eigenvalue weighted by Crippen LogP contribution is 2.29. The number of fused-ring (bicyclic) bond motifs is 2. The van der Waals surface area contributed by atoms with Crippen LogP contribution < -0.4 is 5.73 Å². The van der Waals surface area contributed by atoms with Gasteiger partial charge in [-0.3, -0.25) is 19.5 Å². The molecule has 0 spiro atoms. The predicted octanol–water partition coefficient (Wildman–Crippen LogP) is 2.16. The molecule has 2 fully saturated rings. The molecule has 1 aromatic heterocycles. The SMILES string of the molecule is CN1[C@H]2CC[C@@H]1CN(C(=O)c1cccc(-c3cncc(C(N)=O)c3)c1)CC2. The van der Waals surface area contributed by atoms with Crippen LogP contribution in [0.3, 0.4) is 0 Å². The zero-order valence-electron chi connectivity index (χ0n) is 15.5. The monoisotopic (exact) mass is 364 g/mol. The molecule has 2 saturated heterocycles. The molecular formula is C21H24N4O2. The molecule has 1 aromatic carbocycles. The van der Waals surface area contributed by atoms with Crippen molar-refractivity contribution in [2.75, 3.05) is 20.1 Å². The minimum Gasteiger partial charge on any atom is -0.366 e. The second-order valence-corrected chi connectivity index (χ2v) is 7.50. The van der Waals surface area contributed by atoms with Crippen molar-refractivity contribution in [1.82, 2.24) is 14.8 Å². The van der Waals surface area contributed by atoms with Crippen molar-refractivity contribution in [3.63, 3.8) is 0 Å². The second-order valence-electron chi connectivity index (χ2n) is 7.50. The second kappa shape index (κ2) is 7.12. The molecule has 0 unspecified atom stereocenters. The molecule has 140 valence electrons. The van der Waals surface area contributed by atoms with Gasteiger partial charge in [0.25, 0.3) is 5.91 Å². The number of nitrogens with zero attached hydrogens (tertiary/aromatic N) is 3. The summed E-state index contributed by atoms with van der Waals surface area (Å²) >= 11 is 0. The Kier molecular flexibility index (Phi) is 4.66. The van der Waals surface area contributed by atoms with E-state index in [2.05, 4.69) is 16.9 Å². The Morgan fingerprint density at radius 1 is 1.04 bits per heavy atom. The summed E-state index contributed by atoms with van der Waals surface area (Å²) in [5.74, 6) is -0.447. The van der Waals surface area contributed by atoms with Crippen molar-refractivity contribution in [1.29, 1.82) is 0 Å². The first kappa shape index (κ1) is 17.7. The quantitative estimate of drug-likeness (QED) is 0.905. The number of hydrogen-bond acceptors (Lipinski definition) is 4. The number of carbonyl (C=O) groups is 2. The van der Waals surface area contributed by atoms with Crippen LogP contribution in [0.4, 0.5) is 0 Å². The number of hydrogen-bond donors (Lipinski definition) is 1. The molecule has 2 amide bonds. The fourth-order valence-corrected chi connectivity index (χ4v) is 4.24. The maximum absolute atomic E-state index is 13.1. The van der Waals surface area contributed by atoms with Crippen molar-refractivity contribution >= 4 is 11.8 Å². The van der Waals surface area contributed by atoms with Crippen LogP contribution in [0.1, 0.15) is 40.0 Å². The normalized spacial score (nSPS) is 22.5. The summed E-state index contributed by atoms with van der Waals surface area (Å²) in [6.07, 6.45) is 6.56. The molecule has 4 rings (SSSR count). The molecule has 2 aliphatic heterocycles. The molecule has 0 radical (unpaired) electrons. The van der Waals surface area contributed by atoms with Gasteiger partial charge in [0, 0.05) is 48.7 Å². The van der Waals surface area contributed by atoms with Crippen molar-refractivity contribution in [2.24, 2.45) is 5.73 Å². The van der Waals surface area contributed by atoms with Gasteiger partial charge in [0.15, 0.2) is 0 Å². The van der Waals surface area contributed by atoms with E-state index in [1.54, 1.807) is 12.3 Å². The molecule has 0 aliphatic carbocycles. The molecule has 2 aromatic rings. The largest absolute Gasteiger partial charge is 0.366 e. The third-order valence-corrected chi connectivity index (χ3v) is 5.90. The summed E-state index contributed by atoms with van der Waals surface area (Å²) in [5.41, 5.74) is 8.00. The van der Waals surface area contributed by atoms with E-state index in [1.807, 2.05) is 29.2 Å². The van der Waals surface area contributed by atoms with Gasteiger partial charge in [-0.2, -0.15) is 0 Å². The van der Waals surface area contributed by atoms with Crippen molar-refractivity contribution in [3.8, 4) is 11.1 Å². The molecule has 2 aliphatic rings. The predicted molar refractivity (Wildman–Crippen MR) is 103 cm³/mol. The van der Waals surface area contributed by atoms with Crippen LogP contribution in [-0.4, -0.2) is 58.8 Å². The zero-order chi connectivity index (χ0) is 19.0. The maximum Gasteiger partial charge on any atom is 0.253 e. The number of pyridine rings is 1. The summed E-state index contributed by atoms with van der Waals surface area (Å²) in [6, 6.07) is 10.3. The lowest BCUT2D eigenvalue weighted by Gasteiger charge is -2.26. The number of likely N-dealkylation sites (tertiary alicyclic amines) is 1. The average molecular weight is 364 g/mol. The average Bonchev–Trinajstić information content (AvgIpc) is 2.93. The van der Waals surface area contributed by atoms with Gasteiger partial charge in [0.2, 0.25) is 5.91 Å². The van der Waals surface area contributed by atoms with Crippen LogP contribution >= 0.6 is 0 Å². The van der Waals surface area contributed by atoms with Gasteiger partial charge >= 0.3 is 0 Å². The summed E-state index contributed by atoms with van der Waals surface area (Å²) in [5, 5.41) is 0. The van der Waals surface area contributed by atoms with E-state index in [0.29, 0.717) is 23.2 Å². The van der Waals surface area contributed by atoms with E-state index in [0.717, 1.165) is 37.1 Å². The lowest BCUT2D eigenvalue weighted by molar-refractivity contribution is 0.0740. The first-order valence-electron chi connectivity index (χ1n) is 9.39. The topological polar surface area (TPSA) is 79.5 Å². The fraction of sp³-hybridized carbons (Fsp3) is 0.381. The van der Waals surface area contributed by atoms with Gasteiger partial charge in [0.05, 0.1) is 5.56 Å². The van der Waals surface area contributed by atoms with E-state index in [4.69, 9.17) is 5.73 Å². The molecule has 0 saturated carbocycles. The maximum atomic E-state index is 13.1. The highest BCUT2D eigenvalue weighted by Gasteiger charge is 2.36. The first-order chi connectivity index (χ1) is 13.0. The summed E-state index contributed by atoms with van der Waals surface area (Å²) in [6.45, 7) is 1.59. The molecule has 27 heavy (non-hydrogen) atoms. The Morgan fingerprint density at radius 3 is 2.63 bits per heavy atom. The highest BCUT2D eigenvalue weighted by molar-refractivity contribution is 5.96. The first-order valence-corrected chi connectivity index (χ1v) is 9.39. The molecular weight excluding hydrogens is 340 g/mol. The Balaban J connectivity index is 1.58. The zero-order valence-corrected chi connectivity index (χ0v) is 15.5. The van der Waals surface area contributed by atoms with Crippen LogP contribution in [0.5, 0.6) is 0 Å². The number of nitrogens with two attached hydrogens (primary N) is 1. The van der Waals surface area contributed by atoms with Gasteiger partial charge in [0.1, 0.15) is 0 Å². The highest BCUT2D eigenvalue weighted by atomic mass is 16.2. The standard InChI is InChI=1S/C21H24N4O2/c1-24-18-5-6-19(24)13-25(8-7-18)21(27)15-4-2-3-14(9-15)16-10-17(20(22)26)12-23-11-16/h2-4,9-12,18-19H,5-8,13H2,1H3,(H2,22,26)/t18-,19+/m0/s1. The van der Waals surface area contributed by atoms with Crippen LogP contribution in [0.15, 0.2) is 42.7 Å². The van der Waals surface area contributed by atoms with Gasteiger partial charge in [-0.05, 0) is 50.1 Å². The molecule has 2 atom stereocenters. The third-order valence-electron chi connectivity index (χ3n) is 5.90.